The van der Waals surface area contributed by atoms with E-state index in [9.17, 15) is 9.59 Å². The predicted molar refractivity (Wildman–Crippen MR) is 92.4 cm³/mol. The summed E-state index contributed by atoms with van der Waals surface area (Å²) in [7, 11) is 0. The number of primary amides is 1. The zero-order chi connectivity index (χ0) is 16.4. The Hall–Kier alpha value is -1.49. The Morgan fingerprint density at radius 1 is 1.30 bits per heavy atom. The smallest absolute Gasteiger partial charge is 0.227 e. The van der Waals surface area contributed by atoms with Crippen LogP contribution in [0.1, 0.15) is 42.7 Å². The predicted octanol–water partition coefficient (Wildman–Crippen LogP) is 2.55. The van der Waals surface area contributed by atoms with E-state index in [0.29, 0.717) is 18.9 Å². The lowest BCUT2D eigenvalue weighted by atomic mass is 9.96. The second-order valence-electron chi connectivity index (χ2n) is 6.60. The molecule has 0 spiro atoms. The Kier molecular flexibility index (Phi) is 4.95. The van der Waals surface area contributed by atoms with Crippen LogP contribution in [0.3, 0.4) is 0 Å². The molecule has 3 rings (SSSR count). The van der Waals surface area contributed by atoms with Gasteiger partial charge in [-0.2, -0.15) is 0 Å². The molecule has 0 radical (unpaired) electrons. The molecule has 124 valence electrons. The third-order valence-electron chi connectivity index (χ3n) is 4.87. The molecule has 23 heavy (non-hydrogen) atoms. The Morgan fingerprint density at radius 3 is 2.74 bits per heavy atom. The summed E-state index contributed by atoms with van der Waals surface area (Å²) in [4.78, 5) is 27.0. The summed E-state index contributed by atoms with van der Waals surface area (Å²) in [5.41, 5.74) is 7.89. The van der Waals surface area contributed by atoms with Gasteiger partial charge < -0.3 is 10.6 Å². The molecule has 1 aliphatic heterocycles. The maximum atomic E-state index is 12.7. The molecule has 1 aliphatic carbocycles. The van der Waals surface area contributed by atoms with Crippen molar-refractivity contribution < 1.29 is 9.59 Å². The maximum absolute atomic E-state index is 12.7. The van der Waals surface area contributed by atoms with Crippen molar-refractivity contribution in [3.05, 3.63) is 29.3 Å². The van der Waals surface area contributed by atoms with Crippen LogP contribution in [0.2, 0.25) is 0 Å². The van der Waals surface area contributed by atoms with Crippen LogP contribution in [-0.4, -0.2) is 36.1 Å². The summed E-state index contributed by atoms with van der Waals surface area (Å²) >= 11 is 1.69. The van der Waals surface area contributed by atoms with E-state index in [2.05, 4.69) is 18.2 Å². The van der Waals surface area contributed by atoms with Gasteiger partial charge in [0.15, 0.2) is 0 Å². The molecular weight excluding hydrogens is 308 g/mol. The monoisotopic (exact) mass is 332 g/mol. The molecule has 1 saturated carbocycles. The molecule has 0 bridgehead atoms. The first-order chi connectivity index (χ1) is 11.1. The van der Waals surface area contributed by atoms with Gasteiger partial charge >= 0.3 is 0 Å². The molecule has 1 aromatic rings. The fourth-order valence-corrected chi connectivity index (χ4v) is 3.92. The highest BCUT2D eigenvalue weighted by Crippen LogP contribution is 2.41. The van der Waals surface area contributed by atoms with Gasteiger partial charge in [0.05, 0.1) is 12.3 Å². The largest absolute Gasteiger partial charge is 0.369 e. The van der Waals surface area contributed by atoms with Crippen molar-refractivity contribution in [1.29, 1.82) is 0 Å². The molecule has 0 unspecified atom stereocenters. The highest BCUT2D eigenvalue weighted by atomic mass is 32.2. The van der Waals surface area contributed by atoms with Crippen LogP contribution >= 0.6 is 11.8 Å². The van der Waals surface area contributed by atoms with Crippen LogP contribution in [0.25, 0.3) is 0 Å². The van der Waals surface area contributed by atoms with E-state index in [0.717, 1.165) is 24.9 Å². The third kappa shape index (κ3) is 3.89. The zero-order valence-electron chi connectivity index (χ0n) is 13.6. The van der Waals surface area contributed by atoms with Crippen molar-refractivity contribution in [1.82, 2.24) is 4.90 Å². The number of thioether (sulfide) groups is 1. The van der Waals surface area contributed by atoms with Crippen LogP contribution in [0.4, 0.5) is 0 Å². The number of nitrogens with zero attached hydrogens (tertiary/aromatic N) is 1. The number of hydrogen-bond donors (Lipinski definition) is 1. The van der Waals surface area contributed by atoms with E-state index < -0.39 is 0 Å². The number of benzene rings is 1. The van der Waals surface area contributed by atoms with Crippen LogP contribution in [0, 0.1) is 5.92 Å². The Bertz CT molecular complexity index is 613. The van der Waals surface area contributed by atoms with Crippen LogP contribution in [-0.2, 0) is 16.0 Å². The number of piperidine rings is 1. The number of nitrogens with two attached hydrogens (primary N) is 1. The van der Waals surface area contributed by atoms with Gasteiger partial charge in [-0.3, -0.25) is 9.59 Å². The summed E-state index contributed by atoms with van der Waals surface area (Å²) in [6.07, 6.45) is 6.65. The summed E-state index contributed by atoms with van der Waals surface area (Å²) in [5.74, 6) is 0.321. The molecule has 1 aromatic carbocycles. The first-order valence-corrected chi connectivity index (χ1v) is 9.55. The summed E-state index contributed by atoms with van der Waals surface area (Å²) in [6.45, 7) is 1.21. The van der Waals surface area contributed by atoms with E-state index >= 15 is 0 Å². The van der Waals surface area contributed by atoms with Gasteiger partial charge in [-0.1, -0.05) is 12.1 Å². The number of carbonyl (C=O) groups is 2. The summed E-state index contributed by atoms with van der Waals surface area (Å²) < 4.78 is 0. The Balaban J connectivity index is 1.71. The molecule has 2 N–H and O–H groups in total. The zero-order valence-corrected chi connectivity index (χ0v) is 14.4. The minimum atomic E-state index is -0.289. The molecular formula is C18H24N2O2S. The minimum absolute atomic E-state index is 0.110. The standard InChI is InChI=1S/C18H24N2O2S/c1-23-16-7-6-13(12-4-5-12)9-15(16)10-17(21)20-8-2-3-14(11-20)18(19)22/h6-7,9,12,14H,2-5,8,10-11H2,1H3,(H2,19,22)/t14-/m0/s1. The first kappa shape index (κ1) is 16.4. The SMILES string of the molecule is CSc1ccc(C2CC2)cc1CC(=O)N1CCC[C@H](C(N)=O)C1. The lowest BCUT2D eigenvalue weighted by Crippen LogP contribution is -2.44. The Morgan fingerprint density at radius 2 is 2.09 bits per heavy atom. The molecule has 1 heterocycles. The van der Waals surface area contributed by atoms with Crippen LogP contribution in [0.15, 0.2) is 23.1 Å². The van der Waals surface area contributed by atoms with Gasteiger partial charge in [0.2, 0.25) is 11.8 Å². The minimum Gasteiger partial charge on any atom is -0.369 e. The van der Waals surface area contributed by atoms with Crippen molar-refractivity contribution in [2.45, 2.75) is 42.9 Å². The van der Waals surface area contributed by atoms with Crippen LogP contribution in [0.5, 0.6) is 0 Å². The molecule has 4 nitrogen and oxygen atoms in total. The summed E-state index contributed by atoms with van der Waals surface area (Å²) in [5, 5.41) is 0. The second-order valence-corrected chi connectivity index (χ2v) is 7.45. The number of carbonyl (C=O) groups excluding carboxylic acids is 2. The van der Waals surface area contributed by atoms with E-state index in [4.69, 9.17) is 5.73 Å². The van der Waals surface area contributed by atoms with E-state index in [-0.39, 0.29) is 17.7 Å². The van der Waals surface area contributed by atoms with Crippen molar-refractivity contribution in [3.8, 4) is 0 Å². The topological polar surface area (TPSA) is 63.4 Å². The van der Waals surface area contributed by atoms with E-state index in [1.54, 1.807) is 11.8 Å². The highest BCUT2D eigenvalue weighted by Gasteiger charge is 2.28. The van der Waals surface area contributed by atoms with Crippen molar-refractivity contribution in [2.75, 3.05) is 19.3 Å². The third-order valence-corrected chi connectivity index (χ3v) is 5.71. The van der Waals surface area contributed by atoms with Gasteiger partial charge in [-0.05, 0) is 55.1 Å². The van der Waals surface area contributed by atoms with Crippen molar-refractivity contribution in [3.63, 3.8) is 0 Å². The normalized spacial score (nSPS) is 21.3. The second kappa shape index (κ2) is 6.95. The van der Waals surface area contributed by atoms with Gasteiger partial charge in [0.1, 0.15) is 0 Å². The number of rotatable bonds is 5. The van der Waals surface area contributed by atoms with Crippen molar-refractivity contribution >= 4 is 23.6 Å². The Labute approximate surface area is 141 Å². The number of hydrogen-bond acceptors (Lipinski definition) is 3. The number of amides is 2. The van der Waals surface area contributed by atoms with Gasteiger partial charge in [0, 0.05) is 18.0 Å². The van der Waals surface area contributed by atoms with E-state index in [1.165, 1.54) is 23.3 Å². The summed E-state index contributed by atoms with van der Waals surface area (Å²) in [6, 6.07) is 6.54. The molecule has 0 aromatic heterocycles. The van der Waals surface area contributed by atoms with E-state index in [1.807, 2.05) is 11.2 Å². The van der Waals surface area contributed by atoms with Gasteiger partial charge in [0.25, 0.3) is 0 Å². The lowest BCUT2D eigenvalue weighted by Gasteiger charge is -2.31. The molecule has 1 atom stereocenters. The average Bonchev–Trinajstić information content (AvgIpc) is 3.39. The molecule has 1 saturated heterocycles. The maximum Gasteiger partial charge on any atom is 0.227 e. The number of likely N-dealkylation sites (tertiary alicyclic amines) is 1. The van der Waals surface area contributed by atoms with Gasteiger partial charge in [-0.15, -0.1) is 11.8 Å². The van der Waals surface area contributed by atoms with Gasteiger partial charge in [-0.25, -0.2) is 0 Å². The quantitative estimate of drug-likeness (QED) is 0.843. The lowest BCUT2D eigenvalue weighted by molar-refractivity contribution is -0.134. The average molecular weight is 332 g/mol. The molecule has 2 aliphatic rings. The first-order valence-electron chi connectivity index (χ1n) is 8.32. The van der Waals surface area contributed by atoms with Crippen molar-refractivity contribution in [2.24, 2.45) is 11.7 Å². The molecule has 2 amide bonds. The highest BCUT2D eigenvalue weighted by molar-refractivity contribution is 7.98. The molecule has 5 heteroatoms. The molecule has 2 fully saturated rings. The fourth-order valence-electron chi connectivity index (χ4n) is 3.32. The van der Waals surface area contributed by atoms with Crippen LogP contribution < -0.4 is 5.73 Å². The fraction of sp³-hybridized carbons (Fsp3) is 0.556.